The molecule has 0 aromatic carbocycles. The molecule has 0 spiro atoms. The topological polar surface area (TPSA) is 77.7 Å². The Balaban J connectivity index is 1.44. The molecule has 0 atom stereocenters. The molecule has 1 saturated heterocycles. The van der Waals surface area contributed by atoms with Crippen molar-refractivity contribution in [3.05, 3.63) is 36.3 Å². The number of amides is 1. The zero-order valence-corrected chi connectivity index (χ0v) is 15.5. The van der Waals surface area contributed by atoms with Gasteiger partial charge in [-0.05, 0) is 45.7 Å². The van der Waals surface area contributed by atoms with Crippen molar-refractivity contribution in [1.82, 2.24) is 15.0 Å². The standard InChI is InChI=1S/C19H25N3O4/c1-19(2,3)25-18(23)22-10-6-16(7-11-22)24-13-15-12-17(26-21-15)14-4-8-20-9-5-14/h4-5,8-9,12,16H,6-7,10-11,13H2,1-3H3. The Hall–Kier alpha value is -2.41. The summed E-state index contributed by atoms with van der Waals surface area (Å²) in [4.78, 5) is 17.8. The number of hydrogen-bond acceptors (Lipinski definition) is 6. The van der Waals surface area contributed by atoms with Crippen molar-refractivity contribution in [2.45, 2.75) is 51.9 Å². The molecule has 0 saturated carbocycles. The maximum atomic E-state index is 12.1. The lowest BCUT2D eigenvalue weighted by Crippen LogP contribution is -2.43. The lowest BCUT2D eigenvalue weighted by Gasteiger charge is -2.33. The number of aromatic nitrogens is 2. The molecule has 140 valence electrons. The molecule has 2 aromatic rings. The van der Waals surface area contributed by atoms with E-state index in [9.17, 15) is 4.79 Å². The summed E-state index contributed by atoms with van der Waals surface area (Å²) in [6.45, 7) is 7.30. The molecule has 7 heteroatoms. The fourth-order valence-corrected chi connectivity index (χ4v) is 2.77. The molecule has 2 aromatic heterocycles. The van der Waals surface area contributed by atoms with E-state index in [0.29, 0.717) is 25.5 Å². The van der Waals surface area contributed by atoms with Crippen molar-refractivity contribution in [2.75, 3.05) is 13.1 Å². The lowest BCUT2D eigenvalue weighted by atomic mass is 10.1. The maximum Gasteiger partial charge on any atom is 0.410 e. The van der Waals surface area contributed by atoms with E-state index >= 15 is 0 Å². The first kappa shape index (κ1) is 18.4. The summed E-state index contributed by atoms with van der Waals surface area (Å²) in [6.07, 6.45) is 4.85. The summed E-state index contributed by atoms with van der Waals surface area (Å²) in [5, 5.41) is 4.06. The summed E-state index contributed by atoms with van der Waals surface area (Å²) >= 11 is 0. The van der Waals surface area contributed by atoms with Gasteiger partial charge < -0.3 is 18.9 Å². The Morgan fingerprint density at radius 3 is 2.62 bits per heavy atom. The minimum atomic E-state index is -0.468. The highest BCUT2D eigenvalue weighted by molar-refractivity contribution is 5.68. The number of carbonyl (C=O) groups is 1. The molecule has 3 heterocycles. The first-order valence-electron chi connectivity index (χ1n) is 8.86. The van der Waals surface area contributed by atoms with Crippen LogP contribution >= 0.6 is 0 Å². The number of hydrogen-bond donors (Lipinski definition) is 0. The van der Waals surface area contributed by atoms with Crippen LogP contribution in [0.1, 0.15) is 39.3 Å². The van der Waals surface area contributed by atoms with Crippen LogP contribution in [-0.2, 0) is 16.1 Å². The third-order valence-electron chi connectivity index (χ3n) is 4.08. The smallest absolute Gasteiger partial charge is 0.410 e. The summed E-state index contributed by atoms with van der Waals surface area (Å²) in [5.41, 5.74) is 1.22. The summed E-state index contributed by atoms with van der Waals surface area (Å²) in [6, 6.07) is 5.63. The van der Waals surface area contributed by atoms with Gasteiger partial charge in [-0.15, -0.1) is 0 Å². The summed E-state index contributed by atoms with van der Waals surface area (Å²) in [7, 11) is 0. The Labute approximate surface area is 153 Å². The molecule has 1 aliphatic rings. The predicted octanol–water partition coefficient (Wildman–Crippen LogP) is 3.65. The highest BCUT2D eigenvalue weighted by Crippen LogP contribution is 2.21. The molecule has 1 amide bonds. The number of likely N-dealkylation sites (tertiary alicyclic amines) is 1. The summed E-state index contributed by atoms with van der Waals surface area (Å²) in [5.74, 6) is 0.700. The second kappa shape index (κ2) is 7.86. The van der Waals surface area contributed by atoms with E-state index in [1.807, 2.05) is 39.0 Å². The third kappa shape index (κ3) is 5.05. The van der Waals surface area contributed by atoms with Crippen molar-refractivity contribution in [3.63, 3.8) is 0 Å². The average molecular weight is 359 g/mol. The van der Waals surface area contributed by atoms with E-state index in [-0.39, 0.29) is 12.2 Å². The molecule has 1 aliphatic heterocycles. The van der Waals surface area contributed by atoms with Gasteiger partial charge in [-0.1, -0.05) is 5.16 Å². The number of rotatable bonds is 4. The van der Waals surface area contributed by atoms with E-state index in [1.54, 1.807) is 17.3 Å². The van der Waals surface area contributed by atoms with Crippen molar-refractivity contribution in [2.24, 2.45) is 0 Å². The van der Waals surface area contributed by atoms with E-state index < -0.39 is 5.60 Å². The van der Waals surface area contributed by atoms with Gasteiger partial charge in [0.05, 0.1) is 12.7 Å². The van der Waals surface area contributed by atoms with E-state index in [1.165, 1.54) is 0 Å². The van der Waals surface area contributed by atoms with Gasteiger partial charge in [0.15, 0.2) is 5.76 Å². The molecule has 3 rings (SSSR count). The van der Waals surface area contributed by atoms with Gasteiger partial charge in [-0.2, -0.15) is 0 Å². The van der Waals surface area contributed by atoms with Gasteiger partial charge in [-0.3, -0.25) is 4.98 Å². The fourth-order valence-electron chi connectivity index (χ4n) is 2.77. The van der Waals surface area contributed by atoms with Crippen LogP contribution in [0, 0.1) is 0 Å². The highest BCUT2D eigenvalue weighted by atomic mass is 16.6. The highest BCUT2D eigenvalue weighted by Gasteiger charge is 2.27. The van der Waals surface area contributed by atoms with Gasteiger partial charge in [0.1, 0.15) is 11.3 Å². The Kier molecular flexibility index (Phi) is 5.56. The molecule has 0 bridgehead atoms. The monoisotopic (exact) mass is 359 g/mol. The second-order valence-electron chi connectivity index (χ2n) is 7.40. The lowest BCUT2D eigenvalue weighted by molar-refractivity contribution is -0.0182. The Bertz CT molecular complexity index is 716. The SMILES string of the molecule is CC(C)(C)OC(=O)N1CCC(OCc2cc(-c3ccncc3)on2)CC1. The van der Waals surface area contributed by atoms with Gasteiger partial charge >= 0.3 is 6.09 Å². The van der Waals surface area contributed by atoms with Gasteiger partial charge in [-0.25, -0.2) is 4.79 Å². The second-order valence-corrected chi connectivity index (χ2v) is 7.40. The number of piperidine rings is 1. The minimum Gasteiger partial charge on any atom is -0.444 e. The Morgan fingerprint density at radius 1 is 1.27 bits per heavy atom. The quantitative estimate of drug-likeness (QED) is 0.829. The fraction of sp³-hybridized carbons (Fsp3) is 0.526. The van der Waals surface area contributed by atoms with Crippen LogP contribution in [0.15, 0.2) is 35.1 Å². The molecular weight excluding hydrogens is 334 g/mol. The maximum absolute atomic E-state index is 12.1. The van der Waals surface area contributed by atoms with Crippen LogP contribution in [0.2, 0.25) is 0 Å². The van der Waals surface area contributed by atoms with Crippen LogP contribution in [0.3, 0.4) is 0 Å². The van der Waals surface area contributed by atoms with Crippen LogP contribution in [-0.4, -0.2) is 45.9 Å². The first-order chi connectivity index (χ1) is 12.4. The van der Waals surface area contributed by atoms with Gasteiger partial charge in [0, 0.05) is 37.1 Å². The molecule has 26 heavy (non-hydrogen) atoms. The minimum absolute atomic E-state index is 0.106. The molecule has 0 unspecified atom stereocenters. The van der Waals surface area contributed by atoms with Crippen molar-refractivity contribution in [1.29, 1.82) is 0 Å². The number of pyridine rings is 1. The molecule has 0 radical (unpaired) electrons. The number of ether oxygens (including phenoxy) is 2. The van der Waals surface area contributed by atoms with E-state index in [0.717, 1.165) is 24.1 Å². The van der Waals surface area contributed by atoms with E-state index in [4.69, 9.17) is 14.0 Å². The average Bonchev–Trinajstić information content (AvgIpc) is 3.09. The normalized spacial score (nSPS) is 15.9. The largest absolute Gasteiger partial charge is 0.444 e. The zero-order valence-electron chi connectivity index (χ0n) is 15.5. The van der Waals surface area contributed by atoms with E-state index in [2.05, 4.69) is 10.1 Å². The van der Waals surface area contributed by atoms with Crippen LogP contribution < -0.4 is 0 Å². The Morgan fingerprint density at radius 2 is 1.96 bits per heavy atom. The molecule has 0 aliphatic carbocycles. The third-order valence-corrected chi connectivity index (χ3v) is 4.08. The van der Waals surface area contributed by atoms with Crippen molar-refractivity contribution >= 4 is 6.09 Å². The molecule has 7 nitrogen and oxygen atoms in total. The van der Waals surface area contributed by atoms with Gasteiger partial charge in [0.2, 0.25) is 0 Å². The molecule has 1 fully saturated rings. The van der Waals surface area contributed by atoms with Crippen molar-refractivity contribution in [3.8, 4) is 11.3 Å². The van der Waals surface area contributed by atoms with Crippen LogP contribution in [0.5, 0.6) is 0 Å². The van der Waals surface area contributed by atoms with Crippen molar-refractivity contribution < 1.29 is 18.8 Å². The zero-order chi connectivity index (χ0) is 18.6. The first-order valence-corrected chi connectivity index (χ1v) is 8.86. The summed E-state index contributed by atoms with van der Waals surface area (Å²) < 4.78 is 16.7. The molecule has 0 N–H and O–H groups in total. The van der Waals surface area contributed by atoms with Crippen LogP contribution in [0.4, 0.5) is 4.79 Å². The number of carbonyl (C=O) groups excluding carboxylic acids is 1. The molecular formula is C19H25N3O4. The van der Waals surface area contributed by atoms with Gasteiger partial charge in [0.25, 0.3) is 0 Å². The number of nitrogens with zero attached hydrogens (tertiary/aromatic N) is 3. The van der Waals surface area contributed by atoms with Crippen LogP contribution in [0.25, 0.3) is 11.3 Å². The predicted molar refractivity (Wildman–Crippen MR) is 95.4 cm³/mol.